The van der Waals surface area contributed by atoms with Gasteiger partial charge in [0.25, 0.3) is 0 Å². The second-order valence-electron chi connectivity index (χ2n) is 3.55. The van der Waals surface area contributed by atoms with Crippen LogP contribution < -0.4 is 59.1 Å². The fourth-order valence-corrected chi connectivity index (χ4v) is 6.87. The average Bonchev–Trinajstić information content (AvgIpc) is 1.91. The summed E-state index contributed by atoms with van der Waals surface area (Å²) in [5.41, 5.74) is 0. The molecule has 120 valence electrons. The van der Waals surface area contributed by atoms with Crippen LogP contribution >= 0.6 is 30.4 Å². The number of hydrogen-bond donors (Lipinski definition) is 8. The van der Waals surface area contributed by atoms with E-state index in [9.17, 15) is 18.3 Å². The van der Waals surface area contributed by atoms with E-state index >= 15 is 0 Å². The van der Waals surface area contributed by atoms with E-state index in [1.165, 1.54) is 0 Å². The van der Waals surface area contributed by atoms with Gasteiger partial charge in [0.2, 0.25) is 0 Å². The maximum absolute atomic E-state index is 10.9. The van der Waals surface area contributed by atoms with Gasteiger partial charge in [0.15, 0.2) is 10.8 Å². The van der Waals surface area contributed by atoms with Gasteiger partial charge in [-0.25, -0.2) is 0 Å². The second kappa shape index (κ2) is 9.34. The van der Waals surface area contributed by atoms with E-state index in [2.05, 4.69) is 0 Å². The van der Waals surface area contributed by atoms with Crippen LogP contribution in [0.1, 0.15) is 9.27 Å². The van der Waals surface area contributed by atoms with Crippen molar-refractivity contribution in [3.8, 4) is 0 Å². The average molecular weight is 412 g/mol. The van der Waals surface area contributed by atoms with Gasteiger partial charge in [0.1, 0.15) is 0 Å². The molecule has 0 aliphatic carbocycles. The summed E-state index contributed by atoms with van der Waals surface area (Å²) < 4.78 is 43.5. The molecule has 21 heavy (non-hydrogen) atoms. The van der Waals surface area contributed by atoms with Crippen LogP contribution in [0, 0.1) is 0 Å². The van der Waals surface area contributed by atoms with Crippen LogP contribution in [0.3, 0.4) is 0 Å². The third-order valence-corrected chi connectivity index (χ3v) is 9.53. The molecule has 0 aromatic rings. The van der Waals surface area contributed by atoms with Gasteiger partial charge in [-0.3, -0.25) is 18.3 Å². The normalized spacial score (nSPS) is 13.8. The van der Waals surface area contributed by atoms with E-state index in [0.717, 1.165) is 0 Å². The summed E-state index contributed by atoms with van der Waals surface area (Å²) in [6.45, 7) is 0. The Hall–Kier alpha value is 2.60. The van der Waals surface area contributed by atoms with E-state index < -0.39 is 47.6 Å². The molecule has 8 N–H and O–H groups in total. The van der Waals surface area contributed by atoms with Gasteiger partial charge in [-0.05, 0) is 6.42 Å². The first kappa shape index (κ1) is 28.4. The molecule has 0 unspecified atom stereocenters. The van der Waals surface area contributed by atoms with Gasteiger partial charge in [-0.15, -0.1) is 0 Å². The first-order chi connectivity index (χ1) is 7.97. The van der Waals surface area contributed by atoms with Crippen LogP contribution in [-0.4, -0.2) is 49.9 Å². The van der Waals surface area contributed by atoms with Gasteiger partial charge in [-0.1, -0.05) is 0 Å². The summed E-state index contributed by atoms with van der Waals surface area (Å²) in [7, 11) is -22.2. The molecule has 12 nitrogen and oxygen atoms in total. The molecule has 0 fully saturated rings. The third kappa shape index (κ3) is 10.2. The second-order valence-corrected chi connectivity index (χ2v) is 11.6. The van der Waals surface area contributed by atoms with E-state index in [0.29, 0.717) is 0 Å². The standard InChI is InChI=1S/C3H12O12P4.2Na.2H/c4-16(5,6)2(17(7,8)9)1-3(18(10,11)12)19(13,14)15;;;;/h2-3H,1H2,(H2,4,5,6)(H2,7,8,9)(H2,10,11,12)(H2,13,14,15);;;;/q;2*+1;2*-1. The SMILES string of the molecule is O=P(O)(O)C(CC(P(=O)(O)O)P(=O)(O)O)P(=O)(O)O.[H-].[H-].[Na+].[Na+]. The van der Waals surface area contributed by atoms with Crippen LogP contribution in [0.4, 0.5) is 0 Å². The molecule has 0 radical (unpaired) electrons. The summed E-state index contributed by atoms with van der Waals surface area (Å²) >= 11 is 0. The molecule has 0 heterocycles. The molecule has 0 bridgehead atoms. The number of hydrogen-bond acceptors (Lipinski definition) is 4. The summed E-state index contributed by atoms with van der Waals surface area (Å²) in [6, 6.07) is 0. The zero-order valence-electron chi connectivity index (χ0n) is 12.9. The molecular formula is C3H14Na2O12P4. The molecule has 0 spiro atoms. The van der Waals surface area contributed by atoms with Crippen LogP contribution in [0.15, 0.2) is 0 Å². The molecule has 0 saturated carbocycles. The molecule has 0 aliphatic heterocycles. The maximum atomic E-state index is 10.9. The quantitative estimate of drug-likeness (QED) is 0.150. The van der Waals surface area contributed by atoms with Crippen molar-refractivity contribution < 1.29 is 119 Å². The summed E-state index contributed by atoms with van der Waals surface area (Å²) in [4.78, 5) is 69.7. The van der Waals surface area contributed by atoms with Gasteiger partial charge in [0.05, 0.1) is 0 Å². The Kier molecular flexibility index (Phi) is 12.6. The fourth-order valence-electron chi connectivity index (χ4n) is 1.13. The summed E-state index contributed by atoms with van der Waals surface area (Å²) in [5, 5.41) is -5.82. The van der Waals surface area contributed by atoms with Gasteiger partial charge < -0.3 is 42.0 Å². The Bertz CT molecular complexity index is 428. The van der Waals surface area contributed by atoms with E-state index in [4.69, 9.17) is 39.1 Å². The van der Waals surface area contributed by atoms with Crippen molar-refractivity contribution in [2.75, 3.05) is 0 Å². The Morgan fingerprint density at radius 2 is 0.714 bits per heavy atom. The zero-order chi connectivity index (χ0) is 15.9. The third-order valence-electron chi connectivity index (χ3n) is 1.97. The smallest absolute Gasteiger partial charge is 1.00 e. The molecule has 0 atom stereocenters. The maximum Gasteiger partial charge on any atom is 1.00 e. The van der Waals surface area contributed by atoms with Crippen molar-refractivity contribution in [2.45, 2.75) is 17.2 Å². The van der Waals surface area contributed by atoms with Crippen molar-refractivity contribution in [2.24, 2.45) is 0 Å². The molecule has 0 rings (SSSR count). The molecular weight excluding hydrogens is 398 g/mol. The fraction of sp³-hybridized carbons (Fsp3) is 1.00. The predicted octanol–water partition coefficient (Wildman–Crippen LogP) is -7.03. The predicted molar refractivity (Wildman–Crippen MR) is 62.6 cm³/mol. The Balaban J connectivity index is -0.000000270. The van der Waals surface area contributed by atoms with E-state index in [1.54, 1.807) is 0 Å². The molecule has 0 amide bonds. The number of rotatable bonds is 6. The van der Waals surface area contributed by atoms with Crippen LogP contribution in [0.25, 0.3) is 0 Å². The molecule has 0 aromatic heterocycles. The van der Waals surface area contributed by atoms with E-state index in [1.807, 2.05) is 0 Å². The van der Waals surface area contributed by atoms with Crippen LogP contribution in [0.5, 0.6) is 0 Å². The summed E-state index contributed by atoms with van der Waals surface area (Å²) in [5.74, 6) is 0. The summed E-state index contributed by atoms with van der Waals surface area (Å²) in [6.07, 6.45) is -1.73. The first-order valence-corrected chi connectivity index (χ1v) is 10.9. The topological polar surface area (TPSA) is 230 Å². The molecule has 18 heteroatoms. The minimum Gasteiger partial charge on any atom is -1.00 e. The Morgan fingerprint density at radius 3 is 0.810 bits per heavy atom. The zero-order valence-corrected chi connectivity index (χ0v) is 18.4. The van der Waals surface area contributed by atoms with Gasteiger partial charge in [0, 0.05) is 0 Å². The van der Waals surface area contributed by atoms with Gasteiger partial charge >= 0.3 is 89.5 Å². The Labute approximate surface area is 165 Å². The minimum atomic E-state index is -5.54. The van der Waals surface area contributed by atoms with Crippen molar-refractivity contribution in [1.82, 2.24) is 0 Å². The van der Waals surface area contributed by atoms with Crippen molar-refractivity contribution in [3.05, 3.63) is 0 Å². The first-order valence-electron chi connectivity index (χ1n) is 4.18. The van der Waals surface area contributed by atoms with Crippen molar-refractivity contribution in [1.29, 1.82) is 0 Å². The van der Waals surface area contributed by atoms with Crippen LogP contribution in [0.2, 0.25) is 0 Å². The minimum absolute atomic E-state index is 0. The van der Waals surface area contributed by atoms with Gasteiger partial charge in [-0.2, -0.15) is 0 Å². The van der Waals surface area contributed by atoms with Crippen LogP contribution in [-0.2, 0) is 18.3 Å². The molecule has 0 saturated heterocycles. The Morgan fingerprint density at radius 1 is 0.571 bits per heavy atom. The van der Waals surface area contributed by atoms with E-state index in [-0.39, 0.29) is 62.0 Å². The largest absolute Gasteiger partial charge is 1.00 e. The monoisotopic (exact) mass is 412 g/mol. The van der Waals surface area contributed by atoms with Crippen molar-refractivity contribution in [3.63, 3.8) is 0 Å². The van der Waals surface area contributed by atoms with Crippen molar-refractivity contribution >= 4 is 30.4 Å². The molecule has 0 aromatic carbocycles. The molecule has 0 aliphatic rings.